The van der Waals surface area contributed by atoms with Crippen LogP contribution in [0.25, 0.3) is 0 Å². The fourth-order valence-electron chi connectivity index (χ4n) is 3.25. The summed E-state index contributed by atoms with van der Waals surface area (Å²) in [7, 11) is 0. The second-order valence-corrected chi connectivity index (χ2v) is 7.99. The molecule has 2 atom stereocenters. The Hall–Kier alpha value is -1.63. The molecule has 6 nitrogen and oxygen atoms in total. The topological polar surface area (TPSA) is 66.9 Å². The van der Waals surface area contributed by atoms with Gasteiger partial charge in [-0.15, -0.1) is 0 Å². The van der Waals surface area contributed by atoms with Gasteiger partial charge in [-0.2, -0.15) is 0 Å². The van der Waals surface area contributed by atoms with Crippen molar-refractivity contribution in [1.82, 2.24) is 16.0 Å². The SMILES string of the molecule is CCNC(=NCC(C)(C)NC(C)c1ccccc1)NCCCOC1CCOC1. The molecule has 1 fully saturated rings. The quantitative estimate of drug-likeness (QED) is 0.308. The molecule has 0 amide bonds. The highest BCUT2D eigenvalue weighted by Gasteiger charge is 2.20. The fraction of sp³-hybridized carbons (Fsp3) is 0.682. The highest BCUT2D eigenvalue weighted by atomic mass is 16.5. The third-order valence-electron chi connectivity index (χ3n) is 4.74. The first kappa shape index (κ1) is 22.7. The lowest BCUT2D eigenvalue weighted by molar-refractivity contribution is 0.0420. The van der Waals surface area contributed by atoms with Gasteiger partial charge in [0.2, 0.25) is 0 Å². The number of ether oxygens (including phenoxy) is 2. The first-order valence-electron chi connectivity index (χ1n) is 10.5. The number of hydrogen-bond acceptors (Lipinski definition) is 4. The van der Waals surface area contributed by atoms with E-state index in [9.17, 15) is 0 Å². The van der Waals surface area contributed by atoms with Gasteiger partial charge in [0.1, 0.15) is 0 Å². The predicted octanol–water partition coefficient (Wildman–Crippen LogP) is 2.87. The van der Waals surface area contributed by atoms with E-state index in [0.29, 0.717) is 6.54 Å². The van der Waals surface area contributed by atoms with Gasteiger partial charge in [-0.3, -0.25) is 4.99 Å². The molecule has 2 rings (SSSR count). The molecule has 1 heterocycles. The van der Waals surface area contributed by atoms with Gasteiger partial charge in [0.05, 0.1) is 19.3 Å². The third-order valence-corrected chi connectivity index (χ3v) is 4.74. The Labute approximate surface area is 170 Å². The van der Waals surface area contributed by atoms with E-state index < -0.39 is 0 Å². The number of nitrogens with one attached hydrogen (secondary N) is 3. The van der Waals surface area contributed by atoms with E-state index in [1.165, 1.54) is 5.56 Å². The third kappa shape index (κ3) is 8.59. The summed E-state index contributed by atoms with van der Waals surface area (Å²) >= 11 is 0. The van der Waals surface area contributed by atoms with Gasteiger partial charge in [-0.25, -0.2) is 0 Å². The Balaban J connectivity index is 1.74. The number of benzene rings is 1. The van der Waals surface area contributed by atoms with Gasteiger partial charge in [-0.1, -0.05) is 30.3 Å². The molecule has 0 saturated carbocycles. The minimum atomic E-state index is -0.108. The molecule has 0 radical (unpaired) electrons. The summed E-state index contributed by atoms with van der Waals surface area (Å²) in [5.41, 5.74) is 1.18. The summed E-state index contributed by atoms with van der Waals surface area (Å²) in [5.74, 6) is 0.855. The maximum absolute atomic E-state index is 5.81. The molecule has 3 N–H and O–H groups in total. The zero-order valence-corrected chi connectivity index (χ0v) is 18.0. The fourth-order valence-corrected chi connectivity index (χ4v) is 3.25. The summed E-state index contributed by atoms with van der Waals surface area (Å²) in [4.78, 5) is 4.78. The van der Waals surface area contributed by atoms with Crippen LogP contribution in [0.15, 0.2) is 35.3 Å². The van der Waals surface area contributed by atoms with Crippen molar-refractivity contribution in [2.75, 3.05) is 39.5 Å². The molecule has 1 aromatic carbocycles. The molecule has 158 valence electrons. The van der Waals surface area contributed by atoms with E-state index >= 15 is 0 Å². The Morgan fingerprint density at radius 1 is 1.29 bits per heavy atom. The Morgan fingerprint density at radius 2 is 2.07 bits per heavy atom. The maximum Gasteiger partial charge on any atom is 0.191 e. The molecule has 28 heavy (non-hydrogen) atoms. The standard InChI is InChI=1S/C22H38N4O2/c1-5-23-21(24-13-9-14-28-20-12-15-27-16-20)25-17-22(3,4)26-18(2)19-10-7-6-8-11-19/h6-8,10-11,18,20,26H,5,9,12-17H2,1-4H3,(H2,23,24,25). The highest BCUT2D eigenvalue weighted by Crippen LogP contribution is 2.16. The van der Waals surface area contributed by atoms with E-state index in [4.69, 9.17) is 14.5 Å². The smallest absolute Gasteiger partial charge is 0.191 e. The summed E-state index contributed by atoms with van der Waals surface area (Å²) in [6.07, 6.45) is 2.25. The van der Waals surface area contributed by atoms with Crippen molar-refractivity contribution in [1.29, 1.82) is 0 Å². The number of aliphatic imine (C=N–C) groups is 1. The van der Waals surface area contributed by atoms with Crippen LogP contribution in [0.1, 0.15) is 52.1 Å². The molecule has 1 saturated heterocycles. The zero-order chi connectivity index (χ0) is 20.2. The second kappa shape index (κ2) is 12.0. The van der Waals surface area contributed by atoms with E-state index in [-0.39, 0.29) is 17.7 Å². The van der Waals surface area contributed by atoms with Crippen molar-refractivity contribution in [3.05, 3.63) is 35.9 Å². The van der Waals surface area contributed by atoms with Crippen LogP contribution in [0, 0.1) is 0 Å². The van der Waals surface area contributed by atoms with Gasteiger partial charge in [0.25, 0.3) is 0 Å². The Morgan fingerprint density at radius 3 is 2.75 bits per heavy atom. The molecule has 2 unspecified atom stereocenters. The Bertz CT molecular complexity index is 571. The monoisotopic (exact) mass is 390 g/mol. The molecule has 0 bridgehead atoms. The molecule has 1 aliphatic heterocycles. The summed E-state index contributed by atoms with van der Waals surface area (Å²) in [6.45, 7) is 13.4. The van der Waals surface area contributed by atoms with Crippen LogP contribution in [0.5, 0.6) is 0 Å². The van der Waals surface area contributed by atoms with Crippen LogP contribution in [0.3, 0.4) is 0 Å². The van der Waals surface area contributed by atoms with Crippen molar-refractivity contribution in [3.8, 4) is 0 Å². The van der Waals surface area contributed by atoms with Crippen LogP contribution in [-0.4, -0.2) is 57.1 Å². The predicted molar refractivity (Wildman–Crippen MR) is 116 cm³/mol. The highest BCUT2D eigenvalue weighted by molar-refractivity contribution is 5.79. The molecule has 0 aliphatic carbocycles. The van der Waals surface area contributed by atoms with Gasteiger partial charge >= 0.3 is 0 Å². The van der Waals surface area contributed by atoms with Crippen LogP contribution in [0.4, 0.5) is 0 Å². The molecule has 1 aliphatic rings. The number of hydrogen-bond donors (Lipinski definition) is 3. The van der Waals surface area contributed by atoms with Gasteiger partial charge < -0.3 is 25.4 Å². The zero-order valence-electron chi connectivity index (χ0n) is 18.0. The second-order valence-electron chi connectivity index (χ2n) is 7.99. The van der Waals surface area contributed by atoms with Crippen LogP contribution in [-0.2, 0) is 9.47 Å². The summed E-state index contributed by atoms with van der Waals surface area (Å²) < 4.78 is 11.1. The first-order valence-corrected chi connectivity index (χ1v) is 10.5. The van der Waals surface area contributed by atoms with E-state index in [1.54, 1.807) is 0 Å². The van der Waals surface area contributed by atoms with Crippen molar-refractivity contribution in [2.24, 2.45) is 4.99 Å². The minimum absolute atomic E-state index is 0.108. The van der Waals surface area contributed by atoms with Crippen LogP contribution >= 0.6 is 0 Å². The van der Waals surface area contributed by atoms with Crippen LogP contribution in [0.2, 0.25) is 0 Å². The summed E-state index contributed by atoms with van der Waals surface area (Å²) in [5, 5.41) is 10.4. The lowest BCUT2D eigenvalue weighted by atomic mass is 10.0. The largest absolute Gasteiger partial charge is 0.379 e. The average Bonchev–Trinajstić information content (AvgIpc) is 3.19. The lowest BCUT2D eigenvalue weighted by Gasteiger charge is -2.29. The van der Waals surface area contributed by atoms with E-state index in [2.05, 4.69) is 67.9 Å². The minimum Gasteiger partial charge on any atom is -0.379 e. The van der Waals surface area contributed by atoms with Gasteiger partial charge in [0.15, 0.2) is 5.96 Å². The van der Waals surface area contributed by atoms with Gasteiger partial charge in [-0.05, 0) is 46.1 Å². The maximum atomic E-state index is 5.81. The van der Waals surface area contributed by atoms with Crippen molar-refractivity contribution >= 4 is 5.96 Å². The molecular formula is C22H38N4O2. The average molecular weight is 391 g/mol. The van der Waals surface area contributed by atoms with Crippen molar-refractivity contribution < 1.29 is 9.47 Å². The normalized spacial score (nSPS) is 18.9. The summed E-state index contributed by atoms with van der Waals surface area (Å²) in [6, 6.07) is 10.8. The van der Waals surface area contributed by atoms with Crippen LogP contribution < -0.4 is 16.0 Å². The Kier molecular flexibility index (Phi) is 9.75. The van der Waals surface area contributed by atoms with Crippen molar-refractivity contribution in [3.63, 3.8) is 0 Å². The number of guanidine groups is 1. The molecule has 0 aromatic heterocycles. The van der Waals surface area contributed by atoms with E-state index in [0.717, 1.165) is 51.7 Å². The van der Waals surface area contributed by atoms with E-state index in [1.807, 2.05) is 6.07 Å². The molecule has 6 heteroatoms. The molecular weight excluding hydrogens is 352 g/mol. The molecule has 0 spiro atoms. The lowest BCUT2D eigenvalue weighted by Crippen LogP contribution is -2.45. The number of nitrogens with zero attached hydrogens (tertiary/aromatic N) is 1. The number of rotatable bonds is 11. The van der Waals surface area contributed by atoms with Gasteiger partial charge in [0, 0.05) is 37.9 Å². The first-order chi connectivity index (χ1) is 13.5. The molecule has 1 aromatic rings. The van der Waals surface area contributed by atoms with Crippen molar-refractivity contribution in [2.45, 2.75) is 58.2 Å².